The maximum absolute atomic E-state index is 12.9. The lowest BCUT2D eigenvalue weighted by Crippen LogP contribution is -2.49. The SMILES string of the molecule is CC1=C(C#N)C(=O)N(C2CCS(=O)(=O)C2)C(=O)/C1=C\C=C\c1ccccc1. The number of amides is 2. The maximum atomic E-state index is 12.9. The van der Waals surface area contributed by atoms with Gasteiger partial charge < -0.3 is 0 Å². The fraction of sp³-hybridized carbons (Fsp3) is 0.250. The molecule has 27 heavy (non-hydrogen) atoms. The summed E-state index contributed by atoms with van der Waals surface area (Å²) in [5.74, 6) is -1.59. The summed E-state index contributed by atoms with van der Waals surface area (Å²) < 4.78 is 23.5. The number of allylic oxidation sites excluding steroid dienone is 2. The molecule has 2 heterocycles. The standard InChI is InChI=1S/C20H18N2O4S/c1-14-17(9-5-8-15-6-3-2-4-7-15)19(23)22(20(24)18(14)12-21)16-10-11-27(25,26)13-16/h2-9,16H,10-11,13H2,1H3/b8-5+,17-9-. The third kappa shape index (κ3) is 3.76. The highest BCUT2D eigenvalue weighted by molar-refractivity contribution is 7.91. The van der Waals surface area contributed by atoms with Crippen molar-refractivity contribution in [2.45, 2.75) is 19.4 Å². The van der Waals surface area contributed by atoms with Gasteiger partial charge in [-0.25, -0.2) is 8.42 Å². The molecule has 0 N–H and O–H groups in total. The first-order chi connectivity index (χ1) is 12.8. The maximum Gasteiger partial charge on any atom is 0.271 e. The Morgan fingerprint density at radius 3 is 2.48 bits per heavy atom. The van der Waals surface area contributed by atoms with E-state index in [0.29, 0.717) is 5.57 Å². The van der Waals surface area contributed by atoms with E-state index in [1.54, 1.807) is 25.2 Å². The minimum absolute atomic E-state index is 0.0632. The van der Waals surface area contributed by atoms with E-state index in [-0.39, 0.29) is 29.1 Å². The number of imide groups is 1. The van der Waals surface area contributed by atoms with Gasteiger partial charge in [-0.1, -0.05) is 42.5 Å². The summed E-state index contributed by atoms with van der Waals surface area (Å²) >= 11 is 0. The number of hydrogen-bond donors (Lipinski definition) is 0. The molecular formula is C20H18N2O4S. The molecule has 0 spiro atoms. The topological polar surface area (TPSA) is 95.3 Å². The number of hydrogen-bond acceptors (Lipinski definition) is 5. The van der Waals surface area contributed by atoms with Gasteiger partial charge in [0.15, 0.2) is 9.84 Å². The van der Waals surface area contributed by atoms with Crippen LogP contribution < -0.4 is 0 Å². The van der Waals surface area contributed by atoms with E-state index < -0.39 is 27.7 Å². The fourth-order valence-electron chi connectivity index (χ4n) is 3.26. The van der Waals surface area contributed by atoms with Crippen molar-refractivity contribution >= 4 is 27.7 Å². The van der Waals surface area contributed by atoms with Gasteiger partial charge in [-0.15, -0.1) is 0 Å². The van der Waals surface area contributed by atoms with Crippen molar-refractivity contribution in [1.82, 2.24) is 4.90 Å². The Balaban J connectivity index is 1.98. The van der Waals surface area contributed by atoms with Crippen molar-refractivity contribution in [3.63, 3.8) is 0 Å². The summed E-state index contributed by atoms with van der Waals surface area (Å²) in [5.41, 5.74) is 1.35. The highest BCUT2D eigenvalue weighted by Crippen LogP contribution is 2.30. The van der Waals surface area contributed by atoms with E-state index in [1.807, 2.05) is 36.4 Å². The van der Waals surface area contributed by atoms with Crippen LogP contribution in [-0.4, -0.2) is 42.7 Å². The second-order valence-electron chi connectivity index (χ2n) is 6.50. The molecule has 7 heteroatoms. The molecule has 1 fully saturated rings. The van der Waals surface area contributed by atoms with Crippen molar-refractivity contribution < 1.29 is 18.0 Å². The van der Waals surface area contributed by atoms with Crippen LogP contribution in [-0.2, 0) is 19.4 Å². The third-order valence-corrected chi connectivity index (χ3v) is 6.45. The molecule has 3 rings (SSSR count). The number of carbonyl (C=O) groups is 2. The van der Waals surface area contributed by atoms with Crippen molar-refractivity contribution in [2.75, 3.05) is 11.5 Å². The van der Waals surface area contributed by atoms with Gasteiger partial charge in [0.2, 0.25) is 0 Å². The van der Waals surface area contributed by atoms with E-state index in [9.17, 15) is 23.3 Å². The van der Waals surface area contributed by atoms with Gasteiger partial charge in [0.05, 0.1) is 17.5 Å². The zero-order valence-corrected chi connectivity index (χ0v) is 15.6. The van der Waals surface area contributed by atoms with Gasteiger partial charge in [-0.05, 0) is 30.6 Å². The molecule has 2 aliphatic rings. The monoisotopic (exact) mass is 382 g/mol. The van der Waals surface area contributed by atoms with Crippen LogP contribution in [0.25, 0.3) is 6.08 Å². The molecule has 0 bridgehead atoms. The lowest BCUT2D eigenvalue weighted by molar-refractivity contribution is -0.142. The minimum atomic E-state index is -3.28. The second-order valence-corrected chi connectivity index (χ2v) is 8.73. The van der Waals surface area contributed by atoms with Gasteiger partial charge in [0.1, 0.15) is 11.6 Å². The lowest BCUT2D eigenvalue weighted by Gasteiger charge is -2.31. The molecule has 0 aliphatic carbocycles. The highest BCUT2D eigenvalue weighted by atomic mass is 32.2. The molecular weight excluding hydrogens is 364 g/mol. The largest absolute Gasteiger partial charge is 0.271 e. The molecule has 6 nitrogen and oxygen atoms in total. The molecule has 1 aromatic carbocycles. The Labute approximate surface area is 158 Å². The Kier molecular flexibility index (Phi) is 5.10. The summed E-state index contributed by atoms with van der Waals surface area (Å²) in [7, 11) is -3.28. The van der Waals surface area contributed by atoms with Crippen molar-refractivity contribution in [3.8, 4) is 6.07 Å². The number of rotatable bonds is 3. The van der Waals surface area contributed by atoms with E-state index >= 15 is 0 Å². The van der Waals surface area contributed by atoms with Crippen LogP contribution in [0.5, 0.6) is 0 Å². The van der Waals surface area contributed by atoms with Gasteiger partial charge in [-0.2, -0.15) is 5.26 Å². The van der Waals surface area contributed by atoms with Crippen LogP contribution in [0.1, 0.15) is 18.9 Å². The molecule has 2 amide bonds. The number of nitrogens with zero attached hydrogens (tertiary/aromatic N) is 2. The Hall–Kier alpha value is -2.98. The summed E-state index contributed by atoms with van der Waals surface area (Å²) in [4.78, 5) is 26.5. The zero-order valence-electron chi connectivity index (χ0n) is 14.8. The first-order valence-electron chi connectivity index (χ1n) is 8.47. The van der Waals surface area contributed by atoms with Crippen LogP contribution in [0.4, 0.5) is 0 Å². The highest BCUT2D eigenvalue weighted by Gasteiger charge is 2.43. The van der Waals surface area contributed by atoms with E-state index in [2.05, 4.69) is 0 Å². The molecule has 0 radical (unpaired) electrons. The van der Waals surface area contributed by atoms with Crippen LogP contribution in [0, 0.1) is 11.3 Å². The Morgan fingerprint density at radius 1 is 1.19 bits per heavy atom. The smallest absolute Gasteiger partial charge is 0.270 e. The summed E-state index contributed by atoms with van der Waals surface area (Å²) in [6, 6.07) is 10.6. The average molecular weight is 382 g/mol. The van der Waals surface area contributed by atoms with E-state index in [4.69, 9.17) is 0 Å². The molecule has 1 atom stereocenters. The fourth-order valence-corrected chi connectivity index (χ4v) is 4.96. The molecule has 138 valence electrons. The second kappa shape index (κ2) is 7.33. The van der Waals surface area contributed by atoms with Gasteiger partial charge in [0.25, 0.3) is 11.8 Å². The lowest BCUT2D eigenvalue weighted by atomic mass is 9.93. The minimum Gasteiger partial charge on any atom is -0.270 e. The normalized spacial score (nSPS) is 24.1. The summed E-state index contributed by atoms with van der Waals surface area (Å²) in [6.45, 7) is 1.55. The number of nitriles is 1. The molecule has 1 saturated heterocycles. The van der Waals surface area contributed by atoms with Gasteiger partial charge in [-0.3, -0.25) is 14.5 Å². The molecule has 1 aromatic rings. The number of benzene rings is 1. The Morgan fingerprint density at radius 2 is 1.89 bits per heavy atom. The van der Waals surface area contributed by atoms with Crippen molar-refractivity contribution in [2.24, 2.45) is 0 Å². The van der Waals surface area contributed by atoms with E-state index in [0.717, 1.165) is 10.5 Å². The quantitative estimate of drug-likeness (QED) is 0.589. The molecule has 1 unspecified atom stereocenters. The summed E-state index contributed by atoms with van der Waals surface area (Å²) in [5, 5.41) is 9.37. The number of carbonyl (C=O) groups excluding carboxylic acids is 2. The molecule has 0 saturated carbocycles. The average Bonchev–Trinajstić information content (AvgIpc) is 2.98. The van der Waals surface area contributed by atoms with E-state index in [1.165, 1.54) is 0 Å². The third-order valence-electron chi connectivity index (χ3n) is 4.70. The predicted molar refractivity (Wildman–Crippen MR) is 101 cm³/mol. The van der Waals surface area contributed by atoms with Gasteiger partial charge >= 0.3 is 0 Å². The van der Waals surface area contributed by atoms with Crippen molar-refractivity contribution in [3.05, 3.63) is 64.8 Å². The predicted octanol–water partition coefficient (Wildman–Crippen LogP) is 2.02. The van der Waals surface area contributed by atoms with Crippen molar-refractivity contribution in [1.29, 1.82) is 5.26 Å². The van der Waals surface area contributed by atoms with Crippen LogP contribution in [0.2, 0.25) is 0 Å². The molecule has 2 aliphatic heterocycles. The Bertz CT molecular complexity index is 1030. The zero-order chi connectivity index (χ0) is 19.6. The summed E-state index contributed by atoms with van der Waals surface area (Å²) in [6.07, 6.45) is 5.25. The van der Waals surface area contributed by atoms with Crippen LogP contribution in [0.3, 0.4) is 0 Å². The van der Waals surface area contributed by atoms with Gasteiger partial charge in [0, 0.05) is 5.57 Å². The van der Waals surface area contributed by atoms with Crippen LogP contribution >= 0.6 is 0 Å². The first kappa shape index (κ1) is 18.8. The number of sulfone groups is 1. The van der Waals surface area contributed by atoms with Crippen LogP contribution in [0.15, 0.2) is 59.2 Å². The first-order valence-corrected chi connectivity index (χ1v) is 10.3. The molecule has 0 aromatic heterocycles.